The van der Waals surface area contributed by atoms with Crippen molar-refractivity contribution in [2.24, 2.45) is 0 Å². The van der Waals surface area contributed by atoms with E-state index in [4.69, 9.17) is 9.84 Å². The lowest BCUT2D eigenvalue weighted by molar-refractivity contribution is -0.0567. The zero-order valence-electron chi connectivity index (χ0n) is 13.5. The summed E-state index contributed by atoms with van der Waals surface area (Å²) in [6.45, 7) is 2.73. The molecule has 2 fully saturated rings. The predicted octanol–water partition coefficient (Wildman–Crippen LogP) is 2.09. The van der Waals surface area contributed by atoms with Crippen LogP contribution < -0.4 is 0 Å². The average molecular weight is 331 g/mol. The van der Waals surface area contributed by atoms with Gasteiger partial charge in [0.2, 0.25) is 0 Å². The van der Waals surface area contributed by atoms with Crippen LogP contribution in [0, 0.1) is 5.82 Å². The molecule has 24 heavy (non-hydrogen) atoms. The van der Waals surface area contributed by atoms with Gasteiger partial charge in [-0.2, -0.15) is 0 Å². The molecule has 0 radical (unpaired) electrons. The molecule has 0 bridgehead atoms. The Balaban J connectivity index is 1.52. The van der Waals surface area contributed by atoms with E-state index < -0.39 is 0 Å². The van der Waals surface area contributed by atoms with E-state index in [-0.39, 0.29) is 18.5 Å². The highest BCUT2D eigenvalue weighted by Crippen LogP contribution is 2.33. The average Bonchev–Trinajstić information content (AvgIpc) is 3.21. The molecule has 0 amide bonds. The van der Waals surface area contributed by atoms with E-state index in [0.717, 1.165) is 37.5 Å². The standard InChI is InChI=1S/C18H22FN3O2/c19-14-3-1-13(2-4-14)18-20-6-7-22(18)15-9-16-12-24-17(5-8-23)11-21(16)10-15/h1-4,6-7,15-17,23H,5,8-12H2/t15-,16+,17+/m1/s1. The van der Waals surface area contributed by atoms with E-state index in [0.29, 0.717) is 18.5 Å². The molecule has 128 valence electrons. The number of aromatic nitrogens is 2. The highest BCUT2D eigenvalue weighted by atomic mass is 19.1. The third-order valence-corrected chi connectivity index (χ3v) is 5.08. The first kappa shape index (κ1) is 15.7. The fraction of sp³-hybridized carbons (Fsp3) is 0.500. The van der Waals surface area contributed by atoms with E-state index in [1.165, 1.54) is 12.1 Å². The highest BCUT2D eigenvalue weighted by Gasteiger charge is 2.38. The largest absolute Gasteiger partial charge is 0.396 e. The van der Waals surface area contributed by atoms with Crippen LogP contribution >= 0.6 is 0 Å². The lowest BCUT2D eigenvalue weighted by Gasteiger charge is -2.34. The van der Waals surface area contributed by atoms with Crippen LogP contribution in [-0.4, -0.2) is 58.0 Å². The van der Waals surface area contributed by atoms with Gasteiger partial charge in [-0.1, -0.05) is 0 Å². The van der Waals surface area contributed by atoms with Crippen molar-refractivity contribution in [1.82, 2.24) is 14.5 Å². The monoisotopic (exact) mass is 331 g/mol. The molecule has 3 heterocycles. The molecule has 0 saturated carbocycles. The maximum Gasteiger partial charge on any atom is 0.140 e. The van der Waals surface area contributed by atoms with E-state index in [1.807, 2.05) is 6.20 Å². The van der Waals surface area contributed by atoms with Crippen molar-refractivity contribution in [2.45, 2.75) is 31.0 Å². The summed E-state index contributed by atoms with van der Waals surface area (Å²) in [5.41, 5.74) is 0.931. The summed E-state index contributed by atoms with van der Waals surface area (Å²) in [6, 6.07) is 7.26. The number of aliphatic hydroxyl groups is 1. The number of benzene rings is 1. The molecule has 2 saturated heterocycles. The van der Waals surface area contributed by atoms with Crippen LogP contribution in [0.15, 0.2) is 36.7 Å². The molecule has 2 aromatic rings. The van der Waals surface area contributed by atoms with E-state index in [1.54, 1.807) is 18.3 Å². The second kappa shape index (κ2) is 6.63. The van der Waals surface area contributed by atoms with Gasteiger partial charge in [0.15, 0.2) is 0 Å². The lowest BCUT2D eigenvalue weighted by atomic mass is 10.1. The van der Waals surface area contributed by atoms with Crippen molar-refractivity contribution < 1.29 is 14.2 Å². The molecule has 6 heteroatoms. The molecule has 2 aliphatic heterocycles. The maximum absolute atomic E-state index is 13.2. The summed E-state index contributed by atoms with van der Waals surface area (Å²) >= 11 is 0. The third kappa shape index (κ3) is 2.97. The van der Waals surface area contributed by atoms with Crippen molar-refractivity contribution in [3.63, 3.8) is 0 Å². The highest BCUT2D eigenvalue weighted by molar-refractivity contribution is 5.55. The summed E-state index contributed by atoms with van der Waals surface area (Å²) in [6.07, 6.45) is 5.66. The van der Waals surface area contributed by atoms with Gasteiger partial charge in [-0.15, -0.1) is 0 Å². The topological polar surface area (TPSA) is 50.5 Å². The zero-order valence-corrected chi connectivity index (χ0v) is 13.5. The maximum atomic E-state index is 13.2. The van der Waals surface area contributed by atoms with Gasteiger partial charge in [0, 0.05) is 49.7 Å². The minimum Gasteiger partial charge on any atom is -0.396 e. The molecule has 3 atom stereocenters. The van der Waals surface area contributed by atoms with Crippen molar-refractivity contribution >= 4 is 0 Å². The lowest BCUT2D eigenvalue weighted by Crippen LogP contribution is -2.46. The Bertz CT molecular complexity index is 688. The van der Waals surface area contributed by atoms with Crippen LogP contribution in [0.4, 0.5) is 4.39 Å². The number of morpholine rings is 1. The number of hydrogen-bond acceptors (Lipinski definition) is 4. The molecular weight excluding hydrogens is 309 g/mol. The smallest absolute Gasteiger partial charge is 0.140 e. The Morgan fingerprint density at radius 2 is 2.04 bits per heavy atom. The normalized spacial score (nSPS) is 27.3. The molecule has 2 aliphatic rings. The molecule has 4 rings (SSSR count). The number of nitrogens with zero attached hydrogens (tertiary/aromatic N) is 3. The predicted molar refractivity (Wildman–Crippen MR) is 88.1 cm³/mol. The number of fused-ring (bicyclic) bond motifs is 1. The van der Waals surface area contributed by atoms with Gasteiger partial charge in [-0.25, -0.2) is 9.37 Å². The van der Waals surface area contributed by atoms with Gasteiger partial charge < -0.3 is 14.4 Å². The Hall–Kier alpha value is -1.76. The van der Waals surface area contributed by atoms with Crippen molar-refractivity contribution in [2.75, 3.05) is 26.3 Å². The zero-order chi connectivity index (χ0) is 16.5. The second-order valence-corrected chi connectivity index (χ2v) is 6.63. The molecule has 0 aliphatic carbocycles. The first-order chi connectivity index (χ1) is 11.7. The van der Waals surface area contributed by atoms with Crippen LogP contribution in [-0.2, 0) is 4.74 Å². The molecule has 1 N–H and O–H groups in total. The molecule has 1 aromatic carbocycles. The van der Waals surface area contributed by atoms with Gasteiger partial charge in [0.25, 0.3) is 0 Å². The fourth-order valence-electron chi connectivity index (χ4n) is 3.87. The second-order valence-electron chi connectivity index (χ2n) is 6.63. The number of rotatable bonds is 4. The first-order valence-electron chi connectivity index (χ1n) is 8.50. The van der Waals surface area contributed by atoms with Crippen LogP contribution in [0.3, 0.4) is 0 Å². The van der Waals surface area contributed by atoms with Gasteiger partial charge in [-0.05, 0) is 37.1 Å². The number of imidazole rings is 1. The van der Waals surface area contributed by atoms with E-state index in [9.17, 15) is 4.39 Å². The number of aliphatic hydroxyl groups excluding tert-OH is 1. The molecular formula is C18H22FN3O2. The Labute approximate surface area is 140 Å². The Morgan fingerprint density at radius 3 is 2.83 bits per heavy atom. The SMILES string of the molecule is OCC[C@H]1CN2C[C@H](n3ccnc3-c3ccc(F)cc3)C[C@H]2CO1. The third-order valence-electron chi connectivity index (χ3n) is 5.08. The van der Waals surface area contributed by atoms with Gasteiger partial charge >= 0.3 is 0 Å². The summed E-state index contributed by atoms with van der Waals surface area (Å²) in [4.78, 5) is 6.94. The van der Waals surface area contributed by atoms with Crippen LogP contribution in [0.5, 0.6) is 0 Å². The van der Waals surface area contributed by atoms with Gasteiger partial charge in [0.1, 0.15) is 11.6 Å². The van der Waals surface area contributed by atoms with Crippen LogP contribution in [0.1, 0.15) is 18.9 Å². The minimum atomic E-state index is -0.234. The first-order valence-corrected chi connectivity index (χ1v) is 8.50. The van der Waals surface area contributed by atoms with Crippen molar-refractivity contribution in [1.29, 1.82) is 0 Å². The van der Waals surface area contributed by atoms with E-state index in [2.05, 4.69) is 14.5 Å². The number of halogens is 1. The summed E-state index contributed by atoms with van der Waals surface area (Å²) in [7, 11) is 0. The van der Waals surface area contributed by atoms with Crippen LogP contribution in [0.25, 0.3) is 11.4 Å². The van der Waals surface area contributed by atoms with Gasteiger partial charge in [0.05, 0.1) is 12.7 Å². The molecule has 5 nitrogen and oxygen atoms in total. The Morgan fingerprint density at radius 1 is 1.21 bits per heavy atom. The van der Waals surface area contributed by atoms with Gasteiger partial charge in [-0.3, -0.25) is 4.90 Å². The fourth-order valence-corrected chi connectivity index (χ4v) is 3.87. The molecule has 0 unspecified atom stereocenters. The van der Waals surface area contributed by atoms with E-state index >= 15 is 0 Å². The summed E-state index contributed by atoms with van der Waals surface area (Å²) in [5.74, 6) is 0.648. The number of hydrogen-bond donors (Lipinski definition) is 1. The Kier molecular flexibility index (Phi) is 4.35. The molecule has 1 aromatic heterocycles. The quantitative estimate of drug-likeness (QED) is 0.932. The number of ether oxygens (including phenoxy) is 1. The molecule has 0 spiro atoms. The van der Waals surface area contributed by atoms with Crippen molar-refractivity contribution in [3.8, 4) is 11.4 Å². The van der Waals surface area contributed by atoms with Crippen LogP contribution in [0.2, 0.25) is 0 Å². The summed E-state index contributed by atoms with van der Waals surface area (Å²) < 4.78 is 21.2. The summed E-state index contributed by atoms with van der Waals surface area (Å²) in [5, 5.41) is 9.11. The minimum absolute atomic E-state index is 0.129. The van der Waals surface area contributed by atoms with Crippen molar-refractivity contribution in [3.05, 3.63) is 42.5 Å².